The molecule has 2 rings (SSSR count). The Labute approximate surface area is 123 Å². The molecule has 0 aromatic rings. The third kappa shape index (κ3) is 3.75. The summed E-state index contributed by atoms with van der Waals surface area (Å²) in [6.45, 7) is 8.96. The second kappa shape index (κ2) is 6.93. The van der Waals surface area contributed by atoms with E-state index in [0.29, 0.717) is 11.8 Å². The molecule has 0 bridgehead atoms. The molecule has 1 saturated heterocycles. The standard InChI is InChI=1S/C17H30O3/c1-5-6-13-10-16(20-17(13)18)19-15-9-12(4)7-8-14(15)11(2)3/h11-16H,5-10H2,1-4H3/t12-,13-,14+,15-,16-/m1/s1. The van der Waals surface area contributed by atoms with Gasteiger partial charge in [0, 0.05) is 6.42 Å². The first-order valence-corrected chi connectivity index (χ1v) is 8.37. The van der Waals surface area contributed by atoms with Crippen LogP contribution in [0.15, 0.2) is 0 Å². The number of cyclic esters (lactones) is 1. The molecule has 0 amide bonds. The fraction of sp³-hybridized carbons (Fsp3) is 0.941. The fourth-order valence-electron chi connectivity index (χ4n) is 3.74. The Morgan fingerprint density at radius 3 is 2.70 bits per heavy atom. The average molecular weight is 282 g/mol. The van der Waals surface area contributed by atoms with Crippen molar-refractivity contribution in [3.05, 3.63) is 0 Å². The molecule has 2 aliphatic rings. The molecule has 0 spiro atoms. The first-order valence-electron chi connectivity index (χ1n) is 8.37. The summed E-state index contributed by atoms with van der Waals surface area (Å²) >= 11 is 0. The van der Waals surface area contributed by atoms with Crippen LogP contribution in [-0.4, -0.2) is 18.4 Å². The predicted octanol–water partition coefficient (Wildman–Crippen LogP) is 4.15. The molecule has 2 fully saturated rings. The summed E-state index contributed by atoms with van der Waals surface area (Å²) in [6.07, 6.45) is 6.31. The minimum Gasteiger partial charge on any atom is -0.435 e. The Morgan fingerprint density at radius 2 is 2.05 bits per heavy atom. The van der Waals surface area contributed by atoms with E-state index in [-0.39, 0.29) is 24.3 Å². The van der Waals surface area contributed by atoms with Crippen molar-refractivity contribution in [2.75, 3.05) is 0 Å². The van der Waals surface area contributed by atoms with E-state index in [1.165, 1.54) is 12.8 Å². The van der Waals surface area contributed by atoms with Crippen LogP contribution in [-0.2, 0) is 14.3 Å². The highest BCUT2D eigenvalue weighted by molar-refractivity contribution is 5.74. The first-order chi connectivity index (χ1) is 9.51. The van der Waals surface area contributed by atoms with Crippen LogP contribution in [0.5, 0.6) is 0 Å². The van der Waals surface area contributed by atoms with E-state index < -0.39 is 0 Å². The quantitative estimate of drug-likeness (QED) is 0.710. The summed E-state index contributed by atoms with van der Waals surface area (Å²) in [5, 5.41) is 0. The van der Waals surface area contributed by atoms with Gasteiger partial charge in [-0.05, 0) is 37.0 Å². The van der Waals surface area contributed by atoms with Crippen LogP contribution < -0.4 is 0 Å². The summed E-state index contributed by atoms with van der Waals surface area (Å²) in [6, 6.07) is 0. The summed E-state index contributed by atoms with van der Waals surface area (Å²) in [4.78, 5) is 11.8. The Hall–Kier alpha value is -0.570. The number of hydrogen-bond donors (Lipinski definition) is 0. The molecule has 1 saturated carbocycles. The monoisotopic (exact) mass is 282 g/mol. The summed E-state index contributed by atoms with van der Waals surface area (Å²) in [7, 11) is 0. The van der Waals surface area contributed by atoms with E-state index in [1.54, 1.807) is 0 Å². The van der Waals surface area contributed by atoms with Gasteiger partial charge in [0.25, 0.3) is 0 Å². The average Bonchev–Trinajstić information content (AvgIpc) is 2.70. The minimum absolute atomic E-state index is 0.0539. The number of carbonyl (C=O) groups is 1. The Balaban J connectivity index is 1.92. The van der Waals surface area contributed by atoms with E-state index in [4.69, 9.17) is 9.47 Å². The SMILES string of the molecule is CCC[C@@H]1C[C@H](O[C@@H]2C[C@H](C)CC[C@H]2C(C)C)OC1=O. The Bertz CT molecular complexity index is 326. The van der Waals surface area contributed by atoms with Crippen LogP contribution in [0.25, 0.3) is 0 Å². The maximum atomic E-state index is 11.8. The van der Waals surface area contributed by atoms with Gasteiger partial charge in [-0.3, -0.25) is 4.79 Å². The molecule has 0 unspecified atom stereocenters. The third-order valence-corrected chi connectivity index (χ3v) is 4.98. The lowest BCUT2D eigenvalue weighted by Crippen LogP contribution is -2.37. The van der Waals surface area contributed by atoms with Crippen LogP contribution in [0.4, 0.5) is 0 Å². The number of carbonyl (C=O) groups excluding carboxylic acids is 1. The van der Waals surface area contributed by atoms with Crippen molar-refractivity contribution in [1.82, 2.24) is 0 Å². The molecule has 5 atom stereocenters. The van der Waals surface area contributed by atoms with Gasteiger partial charge < -0.3 is 9.47 Å². The molecular weight excluding hydrogens is 252 g/mol. The number of hydrogen-bond acceptors (Lipinski definition) is 3. The molecule has 0 aromatic heterocycles. The van der Waals surface area contributed by atoms with Crippen LogP contribution in [0, 0.1) is 23.7 Å². The molecule has 116 valence electrons. The van der Waals surface area contributed by atoms with Crippen LogP contribution in [0.1, 0.15) is 66.2 Å². The van der Waals surface area contributed by atoms with Crippen molar-refractivity contribution in [2.45, 2.75) is 78.6 Å². The van der Waals surface area contributed by atoms with Gasteiger partial charge >= 0.3 is 5.97 Å². The van der Waals surface area contributed by atoms with Crippen LogP contribution in [0.2, 0.25) is 0 Å². The zero-order valence-electron chi connectivity index (χ0n) is 13.4. The fourth-order valence-corrected chi connectivity index (χ4v) is 3.74. The first kappa shape index (κ1) is 15.8. The van der Waals surface area contributed by atoms with Gasteiger partial charge in [-0.2, -0.15) is 0 Å². The number of ether oxygens (including phenoxy) is 2. The molecule has 1 heterocycles. The molecule has 20 heavy (non-hydrogen) atoms. The van der Waals surface area contributed by atoms with Crippen molar-refractivity contribution in [2.24, 2.45) is 23.7 Å². The zero-order valence-corrected chi connectivity index (χ0v) is 13.4. The molecule has 0 aromatic carbocycles. The molecule has 0 N–H and O–H groups in total. The molecule has 1 aliphatic carbocycles. The number of rotatable bonds is 5. The highest BCUT2D eigenvalue weighted by Gasteiger charge is 2.39. The maximum Gasteiger partial charge on any atom is 0.311 e. The summed E-state index contributed by atoms with van der Waals surface area (Å²) < 4.78 is 11.6. The second-order valence-corrected chi connectivity index (χ2v) is 7.09. The van der Waals surface area contributed by atoms with Crippen molar-refractivity contribution in [3.8, 4) is 0 Å². The van der Waals surface area contributed by atoms with E-state index in [1.807, 2.05) is 0 Å². The van der Waals surface area contributed by atoms with Crippen molar-refractivity contribution < 1.29 is 14.3 Å². The zero-order chi connectivity index (χ0) is 14.7. The van der Waals surface area contributed by atoms with Gasteiger partial charge in [-0.15, -0.1) is 0 Å². The highest BCUT2D eigenvalue weighted by Crippen LogP contribution is 2.37. The third-order valence-electron chi connectivity index (χ3n) is 4.98. The lowest BCUT2D eigenvalue weighted by Gasteiger charge is -2.38. The molecule has 3 heteroatoms. The largest absolute Gasteiger partial charge is 0.435 e. The van der Waals surface area contributed by atoms with Crippen LogP contribution in [0.3, 0.4) is 0 Å². The minimum atomic E-state index is -0.296. The van der Waals surface area contributed by atoms with Crippen molar-refractivity contribution in [3.63, 3.8) is 0 Å². The molecule has 0 radical (unpaired) electrons. The second-order valence-electron chi connectivity index (χ2n) is 7.09. The van der Waals surface area contributed by atoms with Gasteiger partial charge in [0.15, 0.2) is 0 Å². The lowest BCUT2D eigenvalue weighted by molar-refractivity contribution is -0.186. The van der Waals surface area contributed by atoms with Crippen LogP contribution >= 0.6 is 0 Å². The Morgan fingerprint density at radius 1 is 1.30 bits per heavy atom. The van der Waals surface area contributed by atoms with Crippen molar-refractivity contribution in [1.29, 1.82) is 0 Å². The van der Waals surface area contributed by atoms with Gasteiger partial charge in [0.2, 0.25) is 6.29 Å². The summed E-state index contributed by atoms with van der Waals surface area (Å²) in [5.41, 5.74) is 0. The predicted molar refractivity (Wildman–Crippen MR) is 79.1 cm³/mol. The van der Waals surface area contributed by atoms with E-state index in [9.17, 15) is 4.79 Å². The molecule has 1 aliphatic heterocycles. The maximum absolute atomic E-state index is 11.8. The normalized spacial score (nSPS) is 38.2. The number of esters is 1. The Kier molecular flexibility index (Phi) is 5.48. The van der Waals surface area contributed by atoms with Gasteiger partial charge in [0.05, 0.1) is 12.0 Å². The van der Waals surface area contributed by atoms with E-state index in [0.717, 1.165) is 31.6 Å². The highest BCUT2D eigenvalue weighted by atomic mass is 16.7. The molecule has 3 nitrogen and oxygen atoms in total. The molecular formula is C17H30O3. The summed E-state index contributed by atoms with van der Waals surface area (Å²) in [5.74, 6) is 1.97. The van der Waals surface area contributed by atoms with Crippen molar-refractivity contribution >= 4 is 5.97 Å². The smallest absolute Gasteiger partial charge is 0.311 e. The van der Waals surface area contributed by atoms with Gasteiger partial charge in [-0.25, -0.2) is 0 Å². The lowest BCUT2D eigenvalue weighted by atomic mass is 9.75. The van der Waals surface area contributed by atoms with Gasteiger partial charge in [0.1, 0.15) is 0 Å². The van der Waals surface area contributed by atoms with E-state index in [2.05, 4.69) is 27.7 Å². The topological polar surface area (TPSA) is 35.5 Å². The van der Waals surface area contributed by atoms with E-state index >= 15 is 0 Å². The van der Waals surface area contributed by atoms with Gasteiger partial charge in [-0.1, -0.05) is 40.5 Å².